The van der Waals surface area contributed by atoms with Crippen LogP contribution in [0.3, 0.4) is 0 Å². The molecule has 1 fully saturated rings. The Kier molecular flexibility index (Phi) is 4.15. The second kappa shape index (κ2) is 5.82. The minimum atomic E-state index is 0.259. The van der Waals surface area contributed by atoms with E-state index in [-0.39, 0.29) is 5.91 Å². The Balaban J connectivity index is 1.94. The Morgan fingerprint density at radius 2 is 2.39 bits per heavy atom. The van der Waals surface area contributed by atoms with Crippen molar-refractivity contribution in [1.82, 2.24) is 9.88 Å². The number of rotatable bonds is 5. The second-order valence-electron chi connectivity index (χ2n) is 4.83. The van der Waals surface area contributed by atoms with E-state index in [1.807, 2.05) is 17.0 Å². The normalized spacial score (nSPS) is 19.3. The molecule has 0 bridgehead atoms. The van der Waals surface area contributed by atoms with Crippen LogP contribution in [-0.4, -0.2) is 22.3 Å². The summed E-state index contributed by atoms with van der Waals surface area (Å²) < 4.78 is 0. The minimum Gasteiger partial charge on any atom is -0.338 e. The molecule has 1 saturated heterocycles. The summed E-state index contributed by atoms with van der Waals surface area (Å²) in [7, 11) is 0. The standard InChI is InChI=1S/C13H20N4O/c1-2-3-10-6-13(18)17(8-10)9-11-4-5-12(16-14)15-7-11/h4-5,7,10H,2-3,6,8-9,14H2,1H3,(H,15,16). The van der Waals surface area contributed by atoms with Gasteiger partial charge in [-0.05, 0) is 24.0 Å². The molecule has 1 aromatic rings. The zero-order valence-electron chi connectivity index (χ0n) is 10.7. The van der Waals surface area contributed by atoms with Crippen molar-refractivity contribution in [3.8, 4) is 0 Å². The fourth-order valence-electron chi connectivity index (χ4n) is 2.43. The van der Waals surface area contributed by atoms with Gasteiger partial charge < -0.3 is 10.3 Å². The lowest BCUT2D eigenvalue weighted by molar-refractivity contribution is -0.128. The maximum atomic E-state index is 11.9. The molecule has 1 atom stereocenters. The number of pyridine rings is 1. The van der Waals surface area contributed by atoms with E-state index in [1.165, 1.54) is 0 Å². The predicted molar refractivity (Wildman–Crippen MR) is 70.5 cm³/mol. The summed E-state index contributed by atoms with van der Waals surface area (Å²) in [5, 5.41) is 0. The van der Waals surface area contributed by atoms with Crippen molar-refractivity contribution in [2.45, 2.75) is 32.7 Å². The summed E-state index contributed by atoms with van der Waals surface area (Å²) in [6.45, 7) is 3.69. The molecule has 0 aliphatic carbocycles. The van der Waals surface area contributed by atoms with Crippen LogP contribution in [0.1, 0.15) is 31.7 Å². The number of aromatic nitrogens is 1. The second-order valence-corrected chi connectivity index (χ2v) is 4.83. The lowest BCUT2D eigenvalue weighted by Crippen LogP contribution is -2.24. The van der Waals surface area contributed by atoms with E-state index in [1.54, 1.807) is 6.20 Å². The van der Waals surface area contributed by atoms with Gasteiger partial charge >= 0.3 is 0 Å². The first-order valence-electron chi connectivity index (χ1n) is 6.42. The number of anilines is 1. The van der Waals surface area contributed by atoms with Gasteiger partial charge in [-0.25, -0.2) is 10.8 Å². The third kappa shape index (κ3) is 2.98. The maximum Gasteiger partial charge on any atom is 0.223 e. The number of nitrogen functional groups attached to an aromatic ring is 1. The lowest BCUT2D eigenvalue weighted by atomic mass is 10.0. The Morgan fingerprint density at radius 1 is 1.56 bits per heavy atom. The highest BCUT2D eigenvalue weighted by molar-refractivity contribution is 5.78. The monoisotopic (exact) mass is 248 g/mol. The fraction of sp³-hybridized carbons (Fsp3) is 0.538. The number of nitrogens with one attached hydrogen (secondary N) is 1. The molecule has 1 aromatic heterocycles. The van der Waals surface area contributed by atoms with E-state index < -0.39 is 0 Å². The Bertz CT molecular complexity index is 404. The van der Waals surface area contributed by atoms with E-state index >= 15 is 0 Å². The van der Waals surface area contributed by atoms with E-state index in [4.69, 9.17) is 5.84 Å². The molecule has 3 N–H and O–H groups in total. The molecule has 2 heterocycles. The number of hydrazine groups is 1. The summed E-state index contributed by atoms with van der Waals surface area (Å²) in [5.74, 6) is 6.68. The van der Waals surface area contributed by atoms with Crippen LogP contribution in [0, 0.1) is 5.92 Å². The van der Waals surface area contributed by atoms with Gasteiger partial charge in [-0.2, -0.15) is 0 Å². The highest BCUT2D eigenvalue weighted by atomic mass is 16.2. The third-order valence-electron chi connectivity index (χ3n) is 3.34. The first kappa shape index (κ1) is 12.8. The molecule has 1 amide bonds. The van der Waals surface area contributed by atoms with Crippen LogP contribution < -0.4 is 11.3 Å². The molecule has 5 nitrogen and oxygen atoms in total. The quantitative estimate of drug-likeness (QED) is 0.612. The highest BCUT2D eigenvalue weighted by Crippen LogP contribution is 2.23. The summed E-state index contributed by atoms with van der Waals surface area (Å²) in [4.78, 5) is 17.9. The maximum absolute atomic E-state index is 11.9. The van der Waals surface area contributed by atoms with E-state index in [0.717, 1.165) is 24.9 Å². The Labute approximate surface area is 107 Å². The zero-order valence-corrected chi connectivity index (χ0v) is 10.7. The molecular weight excluding hydrogens is 228 g/mol. The van der Waals surface area contributed by atoms with Gasteiger partial charge in [0.25, 0.3) is 0 Å². The molecule has 1 unspecified atom stereocenters. The summed E-state index contributed by atoms with van der Waals surface area (Å²) in [6, 6.07) is 3.77. The number of carbonyl (C=O) groups is 1. The third-order valence-corrected chi connectivity index (χ3v) is 3.34. The molecule has 2 rings (SSSR count). The number of hydrogen-bond donors (Lipinski definition) is 2. The van der Waals surface area contributed by atoms with Crippen LogP contribution in [0.4, 0.5) is 5.82 Å². The first-order chi connectivity index (χ1) is 8.72. The van der Waals surface area contributed by atoms with Gasteiger partial charge in [-0.1, -0.05) is 19.4 Å². The van der Waals surface area contributed by atoms with Gasteiger partial charge in [-0.3, -0.25) is 4.79 Å². The number of hydrogen-bond acceptors (Lipinski definition) is 4. The van der Waals surface area contributed by atoms with Crippen LogP contribution in [0.25, 0.3) is 0 Å². The summed E-state index contributed by atoms with van der Waals surface area (Å²) >= 11 is 0. The van der Waals surface area contributed by atoms with E-state index in [0.29, 0.717) is 24.7 Å². The SMILES string of the molecule is CCCC1CC(=O)N(Cc2ccc(NN)nc2)C1. The number of nitrogens with two attached hydrogens (primary N) is 1. The fourth-order valence-corrected chi connectivity index (χ4v) is 2.43. The molecule has 98 valence electrons. The summed E-state index contributed by atoms with van der Waals surface area (Å²) in [5.41, 5.74) is 3.53. The van der Waals surface area contributed by atoms with Crippen molar-refractivity contribution in [2.75, 3.05) is 12.0 Å². The van der Waals surface area contributed by atoms with Crippen LogP contribution >= 0.6 is 0 Å². The number of likely N-dealkylation sites (tertiary alicyclic amines) is 1. The molecule has 0 saturated carbocycles. The van der Waals surface area contributed by atoms with Crippen LogP contribution in [0.2, 0.25) is 0 Å². The van der Waals surface area contributed by atoms with Crippen molar-refractivity contribution in [3.05, 3.63) is 23.9 Å². The molecule has 0 aromatic carbocycles. The van der Waals surface area contributed by atoms with Gasteiger partial charge in [-0.15, -0.1) is 0 Å². The Hall–Kier alpha value is -1.62. The molecule has 18 heavy (non-hydrogen) atoms. The van der Waals surface area contributed by atoms with Gasteiger partial charge in [0.1, 0.15) is 5.82 Å². The summed E-state index contributed by atoms with van der Waals surface area (Å²) in [6.07, 6.45) is 4.74. The van der Waals surface area contributed by atoms with Crippen molar-refractivity contribution in [2.24, 2.45) is 11.8 Å². The average molecular weight is 248 g/mol. The highest BCUT2D eigenvalue weighted by Gasteiger charge is 2.28. The van der Waals surface area contributed by atoms with Crippen LogP contribution in [0.15, 0.2) is 18.3 Å². The molecule has 5 heteroatoms. The van der Waals surface area contributed by atoms with E-state index in [9.17, 15) is 4.79 Å². The Morgan fingerprint density at radius 3 is 3.00 bits per heavy atom. The number of carbonyl (C=O) groups excluding carboxylic acids is 1. The van der Waals surface area contributed by atoms with Gasteiger partial charge in [0.2, 0.25) is 5.91 Å². The molecule has 1 aliphatic rings. The van der Waals surface area contributed by atoms with Crippen LogP contribution in [-0.2, 0) is 11.3 Å². The van der Waals surface area contributed by atoms with E-state index in [2.05, 4.69) is 17.3 Å². The van der Waals surface area contributed by atoms with Crippen LogP contribution in [0.5, 0.6) is 0 Å². The first-order valence-corrected chi connectivity index (χ1v) is 6.42. The molecule has 0 radical (unpaired) electrons. The van der Waals surface area contributed by atoms with Crippen molar-refractivity contribution in [3.63, 3.8) is 0 Å². The topological polar surface area (TPSA) is 71.2 Å². The number of amides is 1. The minimum absolute atomic E-state index is 0.259. The van der Waals surface area contributed by atoms with Gasteiger partial charge in [0.15, 0.2) is 0 Å². The molecule has 1 aliphatic heterocycles. The number of nitrogens with zero attached hydrogens (tertiary/aromatic N) is 2. The zero-order chi connectivity index (χ0) is 13.0. The van der Waals surface area contributed by atoms with Crippen molar-refractivity contribution >= 4 is 11.7 Å². The molecule has 0 spiro atoms. The largest absolute Gasteiger partial charge is 0.338 e. The van der Waals surface area contributed by atoms with Crippen molar-refractivity contribution < 1.29 is 4.79 Å². The predicted octanol–water partition coefficient (Wildman–Crippen LogP) is 1.52. The van der Waals surface area contributed by atoms with Crippen molar-refractivity contribution in [1.29, 1.82) is 0 Å². The molecular formula is C13H20N4O. The average Bonchev–Trinajstić information content (AvgIpc) is 2.71. The van der Waals surface area contributed by atoms with Gasteiger partial charge in [0, 0.05) is 25.7 Å². The lowest BCUT2D eigenvalue weighted by Gasteiger charge is -2.16. The van der Waals surface area contributed by atoms with Gasteiger partial charge in [0.05, 0.1) is 0 Å². The smallest absolute Gasteiger partial charge is 0.223 e.